The minimum atomic E-state index is -0.995. The van der Waals surface area contributed by atoms with Crippen LogP contribution in [-0.4, -0.2) is 39.6 Å². The van der Waals surface area contributed by atoms with Crippen molar-refractivity contribution in [3.8, 4) is 0 Å². The molecule has 0 radical (unpaired) electrons. The zero-order valence-electron chi connectivity index (χ0n) is 8.80. The predicted molar refractivity (Wildman–Crippen MR) is 55.9 cm³/mol. The van der Waals surface area contributed by atoms with Crippen molar-refractivity contribution in [2.45, 2.75) is 19.0 Å². The van der Waals surface area contributed by atoms with Crippen LogP contribution in [0.2, 0.25) is 0 Å². The molecule has 1 aliphatic rings. The fourth-order valence-corrected chi connectivity index (χ4v) is 1.77. The highest BCUT2D eigenvalue weighted by Gasteiger charge is 2.35. The number of carbonyl (C=O) groups is 2. The molecular formula is C10H13N3O3. The van der Waals surface area contributed by atoms with Crippen LogP contribution in [0.5, 0.6) is 0 Å². The first-order chi connectivity index (χ1) is 7.59. The summed E-state index contributed by atoms with van der Waals surface area (Å²) in [5, 5.41) is 11.6. The number of nitrogens with one attached hydrogen (secondary N) is 2. The van der Waals surface area contributed by atoms with E-state index in [1.165, 1.54) is 11.8 Å². The molecule has 6 nitrogen and oxygen atoms in total. The van der Waals surface area contributed by atoms with Crippen molar-refractivity contribution in [3.63, 3.8) is 0 Å². The highest BCUT2D eigenvalue weighted by atomic mass is 16.4. The number of aromatic amines is 1. The van der Waals surface area contributed by atoms with Crippen LogP contribution in [0.4, 0.5) is 4.79 Å². The number of amides is 2. The molecule has 1 aromatic rings. The number of carboxylic acids is 1. The molecule has 1 fully saturated rings. The van der Waals surface area contributed by atoms with Crippen LogP contribution in [-0.2, 0) is 4.79 Å². The molecule has 2 rings (SSSR count). The first-order valence-electron chi connectivity index (χ1n) is 5.02. The summed E-state index contributed by atoms with van der Waals surface area (Å²) in [7, 11) is 0. The maximum Gasteiger partial charge on any atom is 0.326 e. The number of H-pyrrole nitrogens is 1. The van der Waals surface area contributed by atoms with Crippen molar-refractivity contribution < 1.29 is 14.7 Å². The fraction of sp³-hybridized carbons (Fsp3) is 0.400. The highest BCUT2D eigenvalue weighted by Crippen LogP contribution is 2.21. The van der Waals surface area contributed by atoms with Gasteiger partial charge in [0.15, 0.2) is 0 Å². The Balaban J connectivity index is 2.10. The molecule has 1 saturated heterocycles. The minimum Gasteiger partial charge on any atom is -0.480 e. The van der Waals surface area contributed by atoms with E-state index in [9.17, 15) is 9.59 Å². The lowest BCUT2D eigenvalue weighted by Crippen LogP contribution is -2.40. The molecule has 0 aromatic carbocycles. The zero-order chi connectivity index (χ0) is 11.7. The van der Waals surface area contributed by atoms with Gasteiger partial charge in [0.25, 0.3) is 0 Å². The van der Waals surface area contributed by atoms with Crippen LogP contribution in [0.3, 0.4) is 0 Å². The molecule has 2 atom stereocenters. The molecule has 2 amide bonds. The van der Waals surface area contributed by atoms with Gasteiger partial charge < -0.3 is 20.3 Å². The SMILES string of the molecule is CC(C(=O)O)N1CC(c2cc[nH]c2)NC1=O. The molecule has 1 aliphatic heterocycles. The molecular weight excluding hydrogens is 210 g/mol. The van der Waals surface area contributed by atoms with Crippen LogP contribution < -0.4 is 5.32 Å². The van der Waals surface area contributed by atoms with E-state index >= 15 is 0 Å². The first-order valence-corrected chi connectivity index (χ1v) is 5.02. The van der Waals surface area contributed by atoms with E-state index in [1.54, 1.807) is 12.4 Å². The van der Waals surface area contributed by atoms with Crippen molar-refractivity contribution in [3.05, 3.63) is 24.0 Å². The Morgan fingerprint density at radius 1 is 1.69 bits per heavy atom. The normalized spacial score (nSPS) is 21.9. The van der Waals surface area contributed by atoms with Gasteiger partial charge in [-0.05, 0) is 18.6 Å². The third-order valence-corrected chi connectivity index (χ3v) is 2.79. The van der Waals surface area contributed by atoms with Crippen molar-refractivity contribution >= 4 is 12.0 Å². The Morgan fingerprint density at radius 2 is 2.44 bits per heavy atom. The van der Waals surface area contributed by atoms with Crippen molar-refractivity contribution in [2.75, 3.05) is 6.54 Å². The van der Waals surface area contributed by atoms with E-state index in [0.717, 1.165) is 5.56 Å². The van der Waals surface area contributed by atoms with E-state index < -0.39 is 12.0 Å². The lowest BCUT2D eigenvalue weighted by Gasteiger charge is -2.18. The molecule has 1 aromatic heterocycles. The number of aliphatic carboxylic acids is 1. The van der Waals surface area contributed by atoms with E-state index in [1.807, 2.05) is 6.07 Å². The highest BCUT2D eigenvalue weighted by molar-refractivity contribution is 5.84. The van der Waals surface area contributed by atoms with Gasteiger partial charge in [-0.15, -0.1) is 0 Å². The van der Waals surface area contributed by atoms with Gasteiger partial charge in [-0.3, -0.25) is 0 Å². The van der Waals surface area contributed by atoms with Gasteiger partial charge in [0.1, 0.15) is 6.04 Å². The van der Waals surface area contributed by atoms with E-state index in [-0.39, 0.29) is 12.1 Å². The average Bonchev–Trinajstić information content (AvgIpc) is 2.84. The molecule has 0 aliphatic carbocycles. The molecule has 0 bridgehead atoms. The van der Waals surface area contributed by atoms with Crippen molar-refractivity contribution in [1.29, 1.82) is 0 Å². The molecule has 0 spiro atoms. The summed E-state index contributed by atoms with van der Waals surface area (Å²) in [5.41, 5.74) is 0.952. The topological polar surface area (TPSA) is 85.4 Å². The van der Waals surface area contributed by atoms with Crippen molar-refractivity contribution in [1.82, 2.24) is 15.2 Å². The van der Waals surface area contributed by atoms with Gasteiger partial charge in [0.05, 0.1) is 6.04 Å². The van der Waals surface area contributed by atoms with E-state index in [0.29, 0.717) is 6.54 Å². The molecule has 0 saturated carbocycles. The Hall–Kier alpha value is -1.98. The van der Waals surface area contributed by atoms with Crippen LogP contribution in [0.25, 0.3) is 0 Å². The third kappa shape index (κ3) is 1.73. The largest absolute Gasteiger partial charge is 0.480 e. The Labute approximate surface area is 92.3 Å². The lowest BCUT2D eigenvalue weighted by atomic mass is 10.1. The number of carbonyl (C=O) groups excluding carboxylic acids is 1. The van der Waals surface area contributed by atoms with Crippen LogP contribution in [0.15, 0.2) is 18.5 Å². The first kappa shape index (κ1) is 10.5. The molecule has 3 N–H and O–H groups in total. The number of urea groups is 1. The second kappa shape index (κ2) is 3.88. The number of rotatable bonds is 3. The second-order valence-corrected chi connectivity index (χ2v) is 3.81. The van der Waals surface area contributed by atoms with Gasteiger partial charge in [0, 0.05) is 18.9 Å². The summed E-state index contributed by atoms with van der Waals surface area (Å²) in [5.74, 6) is -0.995. The number of aromatic nitrogens is 1. The van der Waals surface area contributed by atoms with Gasteiger partial charge in [-0.2, -0.15) is 0 Å². The lowest BCUT2D eigenvalue weighted by molar-refractivity contribution is -0.141. The Bertz CT molecular complexity index is 401. The predicted octanol–water partition coefficient (Wildman–Crippen LogP) is 0.554. The summed E-state index contributed by atoms with van der Waals surface area (Å²) in [4.78, 5) is 26.6. The monoisotopic (exact) mass is 223 g/mol. The molecule has 2 unspecified atom stereocenters. The zero-order valence-corrected chi connectivity index (χ0v) is 8.80. The molecule has 2 heterocycles. The second-order valence-electron chi connectivity index (χ2n) is 3.81. The van der Waals surface area contributed by atoms with E-state index in [4.69, 9.17) is 5.11 Å². The van der Waals surface area contributed by atoms with Gasteiger partial charge in [-0.1, -0.05) is 0 Å². The molecule has 86 valence electrons. The van der Waals surface area contributed by atoms with Crippen LogP contribution in [0.1, 0.15) is 18.5 Å². The fourth-order valence-electron chi connectivity index (χ4n) is 1.77. The quantitative estimate of drug-likeness (QED) is 0.699. The van der Waals surface area contributed by atoms with Gasteiger partial charge in [-0.25, -0.2) is 9.59 Å². The van der Waals surface area contributed by atoms with Gasteiger partial charge >= 0.3 is 12.0 Å². The number of hydrogen-bond acceptors (Lipinski definition) is 2. The third-order valence-electron chi connectivity index (χ3n) is 2.79. The van der Waals surface area contributed by atoms with Crippen LogP contribution >= 0.6 is 0 Å². The Morgan fingerprint density at radius 3 is 3.00 bits per heavy atom. The Kier molecular flexibility index (Phi) is 2.55. The summed E-state index contributed by atoms with van der Waals surface area (Å²) in [6.45, 7) is 1.88. The van der Waals surface area contributed by atoms with Crippen LogP contribution in [0, 0.1) is 0 Å². The summed E-state index contributed by atoms with van der Waals surface area (Å²) in [6.07, 6.45) is 3.56. The number of nitrogens with zero attached hydrogens (tertiary/aromatic N) is 1. The molecule has 6 heteroatoms. The standard InChI is InChI=1S/C10H13N3O3/c1-6(9(14)15)13-5-8(12-10(13)16)7-2-3-11-4-7/h2-4,6,8,11H,5H2,1H3,(H,12,16)(H,14,15). The van der Waals surface area contributed by atoms with E-state index in [2.05, 4.69) is 10.3 Å². The van der Waals surface area contributed by atoms with Gasteiger partial charge in [0.2, 0.25) is 0 Å². The molecule has 16 heavy (non-hydrogen) atoms. The maximum atomic E-state index is 11.6. The smallest absolute Gasteiger partial charge is 0.326 e. The maximum absolute atomic E-state index is 11.6. The average molecular weight is 223 g/mol. The minimum absolute atomic E-state index is 0.138. The summed E-state index contributed by atoms with van der Waals surface area (Å²) < 4.78 is 0. The van der Waals surface area contributed by atoms with Crippen molar-refractivity contribution in [2.24, 2.45) is 0 Å². The summed E-state index contributed by atoms with van der Waals surface area (Å²) >= 11 is 0. The number of carboxylic acid groups (broad SMARTS) is 1. The number of hydrogen-bond donors (Lipinski definition) is 3. The summed E-state index contributed by atoms with van der Waals surface area (Å²) in [6, 6.07) is 0.588.